The number of rotatable bonds is 6. The number of fused-ring (bicyclic) bond motifs is 1. The standard InChI is InChI=1S/C25H26N6O5S/c1-14-22(28-24(33)19-12-21(23(26)32)27-20-7-5-4-6-18(19)20)15(2)31(29-14)13-16-8-10-17(11-9-16)37(3,36)30-25(34)35/h4-12,37H,13H2,1-3H3,(H2,26,32)(H,28,33)(H,30,36)(H,34,35). The first-order valence-corrected chi connectivity index (χ1v) is 13.3. The summed E-state index contributed by atoms with van der Waals surface area (Å²) in [6.45, 7) is 3.98. The van der Waals surface area contributed by atoms with E-state index in [9.17, 15) is 18.9 Å². The fraction of sp³-hybridized carbons (Fsp3) is 0.160. The lowest BCUT2D eigenvalue weighted by atomic mass is 10.1. The molecule has 0 unspecified atom stereocenters. The monoisotopic (exact) mass is 522 g/mol. The number of carboxylic acid groups (broad SMARTS) is 1. The van der Waals surface area contributed by atoms with Crippen LogP contribution in [0, 0.1) is 13.8 Å². The number of hydrogen-bond donors (Lipinski definition) is 5. The molecule has 4 aromatic rings. The number of hydrogen-bond acceptors (Lipinski definition) is 5. The number of pyridine rings is 1. The number of anilines is 1. The second kappa shape index (κ2) is 9.91. The smallest absolute Gasteiger partial charge is 0.437 e. The fourth-order valence-electron chi connectivity index (χ4n) is 3.98. The number of primary amides is 1. The molecule has 0 radical (unpaired) electrons. The van der Waals surface area contributed by atoms with Crippen molar-refractivity contribution in [1.29, 1.82) is 0 Å². The number of amides is 3. The van der Waals surface area contributed by atoms with Gasteiger partial charge in [-0.25, -0.2) is 9.78 Å². The Bertz CT molecular complexity index is 1600. The maximum absolute atomic E-state index is 13.3. The molecule has 4 rings (SSSR count). The molecule has 5 N–H and O–H groups in total. The van der Waals surface area contributed by atoms with Gasteiger partial charge in [-0.2, -0.15) is 5.10 Å². The lowest BCUT2D eigenvalue weighted by molar-refractivity contribution is 0.0995. The highest BCUT2D eigenvalue weighted by molar-refractivity contribution is 7.99. The summed E-state index contributed by atoms with van der Waals surface area (Å²) in [7, 11) is -3.12. The van der Waals surface area contributed by atoms with E-state index in [1.165, 1.54) is 12.3 Å². The Hall–Kier alpha value is -4.42. The Morgan fingerprint density at radius 1 is 1.11 bits per heavy atom. The molecular formula is C25H26N6O5S. The first kappa shape index (κ1) is 25.7. The quantitative estimate of drug-likeness (QED) is 0.240. The van der Waals surface area contributed by atoms with Gasteiger partial charge in [-0.15, -0.1) is 4.36 Å². The van der Waals surface area contributed by atoms with E-state index in [2.05, 4.69) is 19.8 Å². The molecule has 0 atom stereocenters. The van der Waals surface area contributed by atoms with E-state index in [4.69, 9.17) is 10.8 Å². The highest BCUT2D eigenvalue weighted by Crippen LogP contribution is 2.25. The van der Waals surface area contributed by atoms with Gasteiger partial charge in [0.2, 0.25) is 0 Å². The van der Waals surface area contributed by atoms with E-state index in [1.54, 1.807) is 60.1 Å². The number of aromatic nitrogens is 3. The number of nitrogens with one attached hydrogen (secondary N) is 1. The summed E-state index contributed by atoms with van der Waals surface area (Å²) < 4.78 is 15.5. The van der Waals surface area contributed by atoms with Crippen LogP contribution in [0.2, 0.25) is 0 Å². The molecule has 0 aliphatic carbocycles. The van der Waals surface area contributed by atoms with Gasteiger partial charge in [-0.1, -0.05) is 40.4 Å². The summed E-state index contributed by atoms with van der Waals surface area (Å²) in [6.07, 6.45) is -0.00458. The van der Waals surface area contributed by atoms with Crippen molar-refractivity contribution in [2.75, 3.05) is 11.6 Å². The van der Waals surface area contributed by atoms with Crippen LogP contribution in [-0.4, -0.2) is 48.6 Å². The molecule has 3 amide bonds. The summed E-state index contributed by atoms with van der Waals surface area (Å²) in [4.78, 5) is 40.6. The molecule has 192 valence electrons. The van der Waals surface area contributed by atoms with Gasteiger partial charge >= 0.3 is 6.09 Å². The SMILES string of the molecule is Cc1nn(Cc2ccc([SH](C)(O)=NC(=O)O)cc2)c(C)c1NC(=O)c1cc(C(N)=O)nc2ccccc12. The molecular weight excluding hydrogens is 496 g/mol. The normalized spacial score (nSPS) is 11.8. The molecule has 2 heterocycles. The van der Waals surface area contributed by atoms with Gasteiger partial charge in [0.15, 0.2) is 0 Å². The predicted molar refractivity (Wildman–Crippen MR) is 141 cm³/mol. The first-order valence-electron chi connectivity index (χ1n) is 11.2. The van der Waals surface area contributed by atoms with Crippen molar-refractivity contribution < 1.29 is 24.0 Å². The Morgan fingerprint density at radius 2 is 1.78 bits per heavy atom. The molecule has 0 aliphatic rings. The van der Waals surface area contributed by atoms with Crippen molar-refractivity contribution in [2.24, 2.45) is 10.1 Å². The van der Waals surface area contributed by atoms with E-state index in [0.29, 0.717) is 39.4 Å². The van der Waals surface area contributed by atoms with Gasteiger partial charge in [0.1, 0.15) is 5.69 Å². The van der Waals surface area contributed by atoms with E-state index < -0.39 is 28.0 Å². The number of thiol groups is 1. The summed E-state index contributed by atoms with van der Waals surface area (Å²) in [5, 5.41) is 16.9. The summed E-state index contributed by atoms with van der Waals surface area (Å²) >= 11 is 0. The number of carbonyl (C=O) groups is 3. The minimum atomic E-state index is -3.12. The molecule has 0 fully saturated rings. The van der Waals surface area contributed by atoms with E-state index in [-0.39, 0.29) is 11.3 Å². The number of benzene rings is 2. The van der Waals surface area contributed by atoms with Crippen molar-refractivity contribution in [3.05, 3.63) is 82.8 Å². The minimum Gasteiger partial charge on any atom is -0.463 e. The van der Waals surface area contributed by atoms with Crippen LogP contribution in [0.4, 0.5) is 10.5 Å². The van der Waals surface area contributed by atoms with Crippen molar-refractivity contribution in [2.45, 2.75) is 25.3 Å². The fourth-order valence-corrected chi connectivity index (χ4v) is 5.15. The topological polar surface area (TPSA) is 173 Å². The van der Waals surface area contributed by atoms with Crippen molar-refractivity contribution in [1.82, 2.24) is 14.8 Å². The first-order chi connectivity index (χ1) is 17.5. The van der Waals surface area contributed by atoms with Gasteiger partial charge in [0.25, 0.3) is 11.8 Å². The largest absolute Gasteiger partial charge is 0.463 e. The molecule has 0 bridgehead atoms. The Labute approximate surface area is 213 Å². The molecule has 0 saturated carbocycles. The van der Waals surface area contributed by atoms with Crippen molar-refractivity contribution >= 4 is 44.6 Å². The van der Waals surface area contributed by atoms with Gasteiger partial charge in [0.05, 0.1) is 34.7 Å². The molecule has 12 heteroatoms. The average molecular weight is 523 g/mol. The minimum absolute atomic E-state index is 0.00554. The second-order valence-electron chi connectivity index (χ2n) is 8.56. The highest BCUT2D eigenvalue weighted by Gasteiger charge is 2.19. The lowest BCUT2D eigenvalue weighted by Crippen LogP contribution is -2.18. The maximum Gasteiger partial charge on any atom is 0.437 e. The zero-order valence-electron chi connectivity index (χ0n) is 20.3. The third kappa shape index (κ3) is 5.39. The number of para-hydroxylation sites is 1. The second-order valence-corrected chi connectivity index (χ2v) is 11.1. The molecule has 37 heavy (non-hydrogen) atoms. The molecule has 11 nitrogen and oxygen atoms in total. The average Bonchev–Trinajstić information content (AvgIpc) is 3.10. The lowest BCUT2D eigenvalue weighted by Gasteiger charge is -2.17. The zero-order valence-corrected chi connectivity index (χ0v) is 21.2. The van der Waals surface area contributed by atoms with E-state index in [0.717, 1.165) is 5.56 Å². The summed E-state index contributed by atoms with van der Waals surface area (Å²) in [6, 6.07) is 15.2. The van der Waals surface area contributed by atoms with Gasteiger partial charge in [-0.05, 0) is 49.9 Å². The third-order valence-electron chi connectivity index (χ3n) is 5.87. The van der Waals surface area contributed by atoms with Gasteiger partial charge in [-0.3, -0.25) is 14.3 Å². The third-order valence-corrected chi connectivity index (χ3v) is 7.71. The van der Waals surface area contributed by atoms with E-state index in [1.807, 2.05) is 6.92 Å². The molecule has 2 aromatic heterocycles. The Kier molecular flexibility index (Phi) is 6.88. The number of aryl methyl sites for hydroxylation is 1. The number of carbonyl (C=O) groups excluding carboxylic acids is 2. The summed E-state index contributed by atoms with van der Waals surface area (Å²) in [5.74, 6) is -1.16. The van der Waals surface area contributed by atoms with Crippen molar-refractivity contribution in [3.63, 3.8) is 0 Å². The van der Waals surface area contributed by atoms with E-state index >= 15 is 0 Å². The zero-order chi connectivity index (χ0) is 26.9. The Balaban J connectivity index is 1.60. The van der Waals surface area contributed by atoms with Crippen LogP contribution in [0.15, 0.2) is 63.9 Å². The van der Waals surface area contributed by atoms with Crippen LogP contribution >= 0.6 is 0 Å². The predicted octanol–water partition coefficient (Wildman–Crippen LogP) is 3.66. The number of nitrogens with zero attached hydrogens (tertiary/aromatic N) is 4. The molecule has 0 saturated heterocycles. The molecule has 0 spiro atoms. The Morgan fingerprint density at radius 3 is 2.43 bits per heavy atom. The maximum atomic E-state index is 13.3. The van der Waals surface area contributed by atoms with Crippen LogP contribution < -0.4 is 11.1 Å². The van der Waals surface area contributed by atoms with Crippen LogP contribution in [0.3, 0.4) is 0 Å². The van der Waals surface area contributed by atoms with Crippen LogP contribution in [-0.2, 0) is 16.7 Å². The van der Waals surface area contributed by atoms with Crippen LogP contribution in [0.25, 0.3) is 10.9 Å². The highest BCUT2D eigenvalue weighted by atomic mass is 32.3. The van der Waals surface area contributed by atoms with Crippen LogP contribution in [0.1, 0.15) is 37.8 Å². The van der Waals surface area contributed by atoms with Gasteiger partial charge in [0, 0.05) is 10.3 Å². The molecule has 0 aliphatic heterocycles. The molecule has 2 aromatic carbocycles. The number of nitrogens with two attached hydrogens (primary N) is 1. The summed E-state index contributed by atoms with van der Waals surface area (Å²) in [5.41, 5.74) is 8.87. The van der Waals surface area contributed by atoms with Gasteiger partial charge < -0.3 is 20.7 Å². The van der Waals surface area contributed by atoms with Crippen LogP contribution in [0.5, 0.6) is 0 Å². The van der Waals surface area contributed by atoms with Crippen molar-refractivity contribution in [3.8, 4) is 0 Å².